The predicted octanol–water partition coefficient (Wildman–Crippen LogP) is 4.93. The Morgan fingerprint density at radius 1 is 1.24 bits per heavy atom. The van der Waals surface area contributed by atoms with Crippen LogP contribution in [0.3, 0.4) is 0 Å². The first-order valence-corrected chi connectivity index (χ1v) is 12.5. The molecule has 0 aliphatic heterocycles. The lowest BCUT2D eigenvalue weighted by Gasteiger charge is -2.35. The van der Waals surface area contributed by atoms with E-state index >= 15 is 0 Å². The maximum atomic E-state index is 12.4. The van der Waals surface area contributed by atoms with Gasteiger partial charge in [0.05, 0.1) is 12.0 Å². The van der Waals surface area contributed by atoms with Crippen molar-refractivity contribution in [2.24, 2.45) is 0 Å². The molecule has 0 spiro atoms. The van der Waals surface area contributed by atoms with Crippen LogP contribution in [0.1, 0.15) is 69.2 Å². The van der Waals surface area contributed by atoms with Gasteiger partial charge in [0.2, 0.25) is 5.88 Å². The van der Waals surface area contributed by atoms with Gasteiger partial charge in [0.1, 0.15) is 29.5 Å². The van der Waals surface area contributed by atoms with Crippen LogP contribution in [0.25, 0.3) is 10.2 Å². The van der Waals surface area contributed by atoms with E-state index in [-0.39, 0.29) is 18.2 Å². The van der Waals surface area contributed by atoms with E-state index in [0.717, 1.165) is 48.7 Å². The number of rotatable bonds is 6. The van der Waals surface area contributed by atoms with Gasteiger partial charge in [0, 0.05) is 23.9 Å². The molecule has 8 heteroatoms. The summed E-state index contributed by atoms with van der Waals surface area (Å²) >= 11 is 1.73. The highest BCUT2D eigenvalue weighted by molar-refractivity contribution is 7.19. The van der Waals surface area contributed by atoms with Crippen molar-refractivity contribution in [1.82, 2.24) is 14.9 Å². The zero-order valence-electron chi connectivity index (χ0n) is 19.9. The minimum absolute atomic E-state index is 0.0690. The van der Waals surface area contributed by atoms with Crippen LogP contribution in [0, 0.1) is 12.3 Å². The molecule has 0 saturated heterocycles. The van der Waals surface area contributed by atoms with Crippen molar-refractivity contribution in [3.05, 3.63) is 16.8 Å². The molecule has 2 aliphatic rings. The topological polar surface area (TPSA) is 73.8 Å². The molecular weight excluding hydrogens is 438 g/mol. The number of aryl methyl sites for hydroxylation is 1. The fourth-order valence-corrected chi connectivity index (χ4v) is 5.98. The Kier molecular flexibility index (Phi) is 7.10. The molecular formula is C25H33N3O4S. The van der Waals surface area contributed by atoms with E-state index in [0.29, 0.717) is 25.0 Å². The number of aromatic nitrogens is 2. The lowest BCUT2D eigenvalue weighted by atomic mass is 9.92. The van der Waals surface area contributed by atoms with Crippen molar-refractivity contribution < 1.29 is 19.0 Å². The standard InChI is InChI=1S/C25H33N3O4S/c1-6-13-30-14-16-7-12-19-20(16)21-22(26-15-27-23(21)33-19)31-18-10-8-17(9-11-18)28(5)24(29)32-25(2,3)4/h1,15-18H,7-14H2,2-5H3/t16-,17-,18-/m1/s1. The van der Waals surface area contributed by atoms with Gasteiger partial charge in [0.15, 0.2) is 0 Å². The Hall–Kier alpha value is -2.37. The molecule has 0 radical (unpaired) electrons. The van der Waals surface area contributed by atoms with Crippen molar-refractivity contribution in [1.29, 1.82) is 0 Å². The summed E-state index contributed by atoms with van der Waals surface area (Å²) in [7, 11) is 1.82. The van der Waals surface area contributed by atoms with E-state index in [9.17, 15) is 4.79 Å². The lowest BCUT2D eigenvalue weighted by Crippen LogP contribution is -2.43. The molecule has 2 heterocycles. The van der Waals surface area contributed by atoms with Crippen LogP contribution in [0.15, 0.2) is 6.33 Å². The Labute approximate surface area is 199 Å². The molecule has 0 N–H and O–H groups in total. The highest BCUT2D eigenvalue weighted by Gasteiger charge is 2.33. The van der Waals surface area contributed by atoms with E-state index in [1.165, 1.54) is 10.4 Å². The summed E-state index contributed by atoms with van der Waals surface area (Å²) in [6.45, 7) is 6.60. The van der Waals surface area contributed by atoms with E-state index < -0.39 is 5.60 Å². The minimum atomic E-state index is -0.492. The first-order valence-electron chi connectivity index (χ1n) is 11.7. The number of hydrogen-bond acceptors (Lipinski definition) is 7. The molecule has 2 aliphatic carbocycles. The van der Waals surface area contributed by atoms with Crippen LogP contribution >= 0.6 is 11.3 Å². The van der Waals surface area contributed by atoms with Crippen LogP contribution in [0.5, 0.6) is 5.88 Å². The van der Waals surface area contributed by atoms with Crippen LogP contribution in [-0.2, 0) is 15.9 Å². The van der Waals surface area contributed by atoms with Crippen molar-refractivity contribution in [2.45, 2.75) is 83.0 Å². The Balaban J connectivity index is 1.42. The number of terminal acetylenes is 1. The molecule has 2 aromatic heterocycles. The molecule has 1 amide bonds. The molecule has 33 heavy (non-hydrogen) atoms. The number of fused-ring (bicyclic) bond motifs is 3. The van der Waals surface area contributed by atoms with Gasteiger partial charge in [0.25, 0.3) is 0 Å². The van der Waals surface area contributed by atoms with Gasteiger partial charge in [-0.15, -0.1) is 17.8 Å². The fraction of sp³-hybridized carbons (Fsp3) is 0.640. The molecule has 0 aromatic carbocycles. The average molecular weight is 472 g/mol. The van der Waals surface area contributed by atoms with Crippen molar-refractivity contribution in [2.75, 3.05) is 20.3 Å². The van der Waals surface area contributed by atoms with Crippen LogP contribution in [0.4, 0.5) is 4.79 Å². The summed E-state index contributed by atoms with van der Waals surface area (Å²) in [5.41, 5.74) is 0.787. The number of carbonyl (C=O) groups excluding carboxylic acids is 1. The number of ether oxygens (including phenoxy) is 3. The van der Waals surface area contributed by atoms with Crippen LogP contribution in [0.2, 0.25) is 0 Å². The van der Waals surface area contributed by atoms with Crippen molar-refractivity contribution in [3.63, 3.8) is 0 Å². The van der Waals surface area contributed by atoms with Gasteiger partial charge in [-0.3, -0.25) is 0 Å². The second-order valence-corrected chi connectivity index (χ2v) is 11.0. The first-order chi connectivity index (χ1) is 15.8. The van der Waals surface area contributed by atoms with Gasteiger partial charge in [-0.25, -0.2) is 14.8 Å². The van der Waals surface area contributed by atoms with E-state index in [1.54, 1.807) is 22.6 Å². The summed E-state index contributed by atoms with van der Waals surface area (Å²) in [4.78, 5) is 25.5. The number of nitrogens with zero attached hydrogens (tertiary/aromatic N) is 3. The van der Waals surface area contributed by atoms with Crippen LogP contribution in [-0.4, -0.2) is 59.0 Å². The highest BCUT2D eigenvalue weighted by Crippen LogP contribution is 2.46. The summed E-state index contributed by atoms with van der Waals surface area (Å²) in [5, 5.41) is 1.04. The van der Waals surface area contributed by atoms with E-state index in [2.05, 4.69) is 15.9 Å². The zero-order chi connectivity index (χ0) is 23.6. The quantitative estimate of drug-likeness (QED) is 0.439. The Morgan fingerprint density at radius 3 is 2.70 bits per heavy atom. The molecule has 4 rings (SSSR count). The first kappa shape index (κ1) is 23.8. The van der Waals surface area contributed by atoms with E-state index in [1.807, 2.05) is 27.8 Å². The summed E-state index contributed by atoms with van der Waals surface area (Å²) in [5.74, 6) is 3.51. The second-order valence-electron chi connectivity index (χ2n) is 9.89. The molecule has 0 unspecified atom stereocenters. The van der Waals surface area contributed by atoms with Crippen molar-refractivity contribution >= 4 is 27.6 Å². The maximum absolute atomic E-state index is 12.4. The third-order valence-corrected chi connectivity index (χ3v) is 7.52. The number of amides is 1. The smallest absolute Gasteiger partial charge is 0.410 e. The summed E-state index contributed by atoms with van der Waals surface area (Å²) in [6.07, 6.45) is 12.3. The molecule has 1 fully saturated rings. The summed E-state index contributed by atoms with van der Waals surface area (Å²) < 4.78 is 17.6. The zero-order valence-corrected chi connectivity index (χ0v) is 20.7. The van der Waals surface area contributed by atoms with E-state index in [4.69, 9.17) is 20.6 Å². The fourth-order valence-electron chi connectivity index (χ4n) is 4.75. The highest BCUT2D eigenvalue weighted by atomic mass is 32.1. The molecule has 1 saturated carbocycles. The number of carbonyl (C=O) groups is 1. The predicted molar refractivity (Wildman–Crippen MR) is 129 cm³/mol. The summed E-state index contributed by atoms with van der Waals surface area (Å²) in [6, 6.07) is 0.160. The SMILES string of the molecule is C#CCOC[C@H]1CCc2sc3ncnc(O[C@H]4CC[C@H](N(C)C(=O)OC(C)(C)C)CC4)c3c21. The van der Waals surface area contributed by atoms with Gasteiger partial charge < -0.3 is 19.1 Å². The third kappa shape index (κ3) is 5.42. The second kappa shape index (κ2) is 9.86. The Morgan fingerprint density at radius 2 is 2.00 bits per heavy atom. The lowest BCUT2D eigenvalue weighted by molar-refractivity contribution is 0.0137. The van der Waals surface area contributed by atoms with Crippen LogP contribution < -0.4 is 4.74 Å². The number of thiophene rings is 1. The molecule has 7 nitrogen and oxygen atoms in total. The largest absolute Gasteiger partial charge is 0.474 e. The van der Waals surface area contributed by atoms with Gasteiger partial charge >= 0.3 is 6.09 Å². The molecule has 1 atom stereocenters. The normalized spacial score (nSPS) is 22.6. The maximum Gasteiger partial charge on any atom is 0.410 e. The van der Waals surface area contributed by atoms with Crippen molar-refractivity contribution in [3.8, 4) is 18.2 Å². The monoisotopic (exact) mass is 471 g/mol. The minimum Gasteiger partial charge on any atom is -0.474 e. The van der Waals surface area contributed by atoms with Gasteiger partial charge in [-0.2, -0.15) is 0 Å². The third-order valence-electron chi connectivity index (χ3n) is 6.35. The number of hydrogen-bond donors (Lipinski definition) is 0. The Bertz CT molecular complexity index is 1030. The molecule has 0 bridgehead atoms. The average Bonchev–Trinajstić information content (AvgIpc) is 3.33. The van der Waals surface area contributed by atoms with Gasteiger partial charge in [-0.1, -0.05) is 5.92 Å². The molecule has 178 valence electrons. The molecule has 2 aromatic rings. The van der Waals surface area contributed by atoms with Gasteiger partial charge in [-0.05, 0) is 64.9 Å².